The average Bonchev–Trinajstić information content (AvgIpc) is 3.36. The molecule has 2 heterocycles. The van der Waals surface area contributed by atoms with Gasteiger partial charge in [0, 0.05) is 11.3 Å². The molecule has 0 spiro atoms. The minimum atomic E-state index is -1.32. The molecule has 1 saturated heterocycles. The van der Waals surface area contributed by atoms with Crippen molar-refractivity contribution in [3.05, 3.63) is 84.1 Å². The van der Waals surface area contributed by atoms with E-state index in [1.807, 2.05) is 0 Å². The minimum absolute atomic E-state index is 0.0167. The number of methoxy groups -OCH3 is 1. The van der Waals surface area contributed by atoms with Crippen LogP contribution in [0.2, 0.25) is 0 Å². The van der Waals surface area contributed by atoms with E-state index >= 15 is 0 Å². The predicted octanol–water partition coefficient (Wildman–Crippen LogP) is 3.58. The van der Waals surface area contributed by atoms with Crippen molar-refractivity contribution in [2.24, 2.45) is 5.92 Å². The van der Waals surface area contributed by atoms with Gasteiger partial charge in [-0.1, -0.05) is 18.2 Å². The molecule has 3 aromatic rings. The largest absolute Gasteiger partial charge is 0.496 e. The fraction of sp³-hybridized carbons (Fsp3) is 0.136. The summed E-state index contributed by atoms with van der Waals surface area (Å²) in [5.74, 6) is -3.71. The van der Waals surface area contributed by atoms with E-state index in [9.17, 15) is 18.8 Å². The van der Waals surface area contributed by atoms with E-state index in [0.717, 1.165) is 0 Å². The number of ether oxygens (including phenoxy) is 1. The number of benzene rings is 2. The van der Waals surface area contributed by atoms with Gasteiger partial charge in [-0.3, -0.25) is 19.3 Å². The molecule has 0 aliphatic carbocycles. The van der Waals surface area contributed by atoms with Crippen molar-refractivity contribution in [2.75, 3.05) is 12.0 Å². The summed E-state index contributed by atoms with van der Waals surface area (Å²) in [6.45, 7) is 0. The third-order valence-corrected chi connectivity index (χ3v) is 4.91. The summed E-state index contributed by atoms with van der Waals surface area (Å²) < 4.78 is 24.0. The highest BCUT2D eigenvalue weighted by molar-refractivity contribution is 6.48. The minimum Gasteiger partial charge on any atom is -0.496 e. The van der Waals surface area contributed by atoms with Crippen LogP contribution in [0.5, 0.6) is 5.75 Å². The lowest BCUT2D eigenvalue weighted by Gasteiger charge is -2.28. The molecule has 29 heavy (non-hydrogen) atoms. The van der Waals surface area contributed by atoms with Crippen molar-refractivity contribution in [3.8, 4) is 5.75 Å². The maximum absolute atomic E-state index is 13.4. The van der Waals surface area contributed by atoms with E-state index in [0.29, 0.717) is 17.0 Å². The Morgan fingerprint density at radius 1 is 1.03 bits per heavy atom. The lowest BCUT2D eigenvalue weighted by molar-refractivity contribution is -0.135. The van der Waals surface area contributed by atoms with Crippen molar-refractivity contribution in [1.82, 2.24) is 0 Å². The summed E-state index contributed by atoms with van der Waals surface area (Å²) in [6, 6.07) is 14.0. The highest BCUT2D eigenvalue weighted by Gasteiger charge is 2.53. The summed E-state index contributed by atoms with van der Waals surface area (Å²) in [5.41, 5.74) is 0.791. The maximum atomic E-state index is 13.4. The van der Waals surface area contributed by atoms with Crippen molar-refractivity contribution in [3.63, 3.8) is 0 Å². The van der Waals surface area contributed by atoms with Crippen molar-refractivity contribution in [2.45, 2.75) is 6.04 Å². The first-order valence-corrected chi connectivity index (χ1v) is 8.86. The first-order valence-electron chi connectivity index (χ1n) is 8.86. The zero-order chi connectivity index (χ0) is 20.5. The molecule has 2 aromatic carbocycles. The van der Waals surface area contributed by atoms with Crippen molar-refractivity contribution < 1.29 is 27.9 Å². The maximum Gasteiger partial charge on any atom is 0.295 e. The molecular formula is C22H16FNO5. The molecule has 1 fully saturated rings. The fourth-order valence-corrected chi connectivity index (χ4v) is 3.61. The fourth-order valence-electron chi connectivity index (χ4n) is 3.61. The summed E-state index contributed by atoms with van der Waals surface area (Å²) >= 11 is 0. The van der Waals surface area contributed by atoms with Gasteiger partial charge in [-0.05, 0) is 42.5 Å². The van der Waals surface area contributed by atoms with Crippen molar-refractivity contribution in [1.29, 1.82) is 0 Å². The Balaban J connectivity index is 1.90. The lowest BCUT2D eigenvalue weighted by Crippen LogP contribution is -2.30. The molecular weight excluding hydrogens is 377 g/mol. The van der Waals surface area contributed by atoms with Crippen LogP contribution in [0.15, 0.2) is 71.3 Å². The predicted molar refractivity (Wildman–Crippen MR) is 101 cm³/mol. The highest BCUT2D eigenvalue weighted by atomic mass is 19.1. The standard InChI is InChI=1S/C22H16FNO5/c1-28-16-6-3-2-5-15(16)19-18(20(25)17-7-4-12-29-17)21(26)22(27)24(19)14-10-8-13(23)9-11-14/h2-12,18-19H,1H3. The quantitative estimate of drug-likeness (QED) is 0.376. The van der Waals surface area contributed by atoms with E-state index in [-0.39, 0.29) is 5.76 Å². The zero-order valence-corrected chi connectivity index (χ0v) is 15.4. The molecule has 4 rings (SSSR count). The second-order valence-corrected chi connectivity index (χ2v) is 6.52. The van der Waals surface area contributed by atoms with Crippen LogP contribution in [0.1, 0.15) is 22.2 Å². The van der Waals surface area contributed by atoms with Crippen LogP contribution in [-0.2, 0) is 9.59 Å². The van der Waals surface area contributed by atoms with Crippen LogP contribution in [0, 0.1) is 11.7 Å². The number of carbonyl (C=O) groups is 3. The molecule has 1 amide bonds. The number of hydrogen-bond donors (Lipinski definition) is 0. The molecule has 2 atom stereocenters. The van der Waals surface area contributed by atoms with Gasteiger partial charge in [0.2, 0.25) is 11.6 Å². The van der Waals surface area contributed by atoms with E-state index in [1.165, 1.54) is 54.7 Å². The Hall–Kier alpha value is -3.74. The third kappa shape index (κ3) is 3.10. The monoisotopic (exact) mass is 393 g/mol. The Labute approximate surface area is 165 Å². The molecule has 0 N–H and O–H groups in total. The second-order valence-electron chi connectivity index (χ2n) is 6.52. The number of anilines is 1. The molecule has 1 aliphatic heterocycles. The average molecular weight is 393 g/mol. The van der Waals surface area contributed by atoms with Crippen LogP contribution >= 0.6 is 0 Å². The van der Waals surface area contributed by atoms with Gasteiger partial charge in [-0.25, -0.2) is 4.39 Å². The molecule has 0 saturated carbocycles. The van der Waals surface area contributed by atoms with E-state index in [1.54, 1.807) is 24.3 Å². The van der Waals surface area contributed by atoms with Gasteiger partial charge in [-0.15, -0.1) is 0 Å². The number of carbonyl (C=O) groups excluding carboxylic acids is 3. The number of rotatable bonds is 5. The number of halogens is 1. The lowest BCUT2D eigenvalue weighted by atomic mass is 9.87. The summed E-state index contributed by atoms with van der Waals surface area (Å²) in [7, 11) is 1.46. The van der Waals surface area contributed by atoms with Crippen LogP contribution in [0.3, 0.4) is 0 Å². The second kappa shape index (κ2) is 7.35. The van der Waals surface area contributed by atoms with Gasteiger partial charge >= 0.3 is 0 Å². The van der Waals surface area contributed by atoms with Crippen LogP contribution in [0.25, 0.3) is 0 Å². The van der Waals surface area contributed by atoms with Crippen LogP contribution < -0.4 is 9.64 Å². The van der Waals surface area contributed by atoms with Gasteiger partial charge in [0.15, 0.2) is 5.76 Å². The number of nitrogens with zero attached hydrogens (tertiary/aromatic N) is 1. The third-order valence-electron chi connectivity index (χ3n) is 4.91. The molecule has 1 aromatic heterocycles. The van der Waals surface area contributed by atoms with Gasteiger partial charge in [-0.2, -0.15) is 0 Å². The van der Waals surface area contributed by atoms with Crippen LogP contribution in [0.4, 0.5) is 10.1 Å². The Kier molecular flexibility index (Phi) is 4.72. The zero-order valence-electron chi connectivity index (χ0n) is 15.4. The first-order chi connectivity index (χ1) is 14.0. The Morgan fingerprint density at radius 3 is 2.41 bits per heavy atom. The Morgan fingerprint density at radius 2 is 1.76 bits per heavy atom. The van der Waals surface area contributed by atoms with E-state index < -0.39 is 35.3 Å². The molecule has 0 radical (unpaired) electrons. The van der Waals surface area contributed by atoms with Gasteiger partial charge < -0.3 is 9.15 Å². The van der Waals surface area contributed by atoms with E-state index in [4.69, 9.17) is 9.15 Å². The van der Waals surface area contributed by atoms with Gasteiger partial charge in [0.1, 0.15) is 17.5 Å². The topological polar surface area (TPSA) is 76.8 Å². The number of ketones is 2. The van der Waals surface area contributed by atoms with Gasteiger partial charge in [0.25, 0.3) is 5.91 Å². The van der Waals surface area contributed by atoms with Crippen LogP contribution in [-0.4, -0.2) is 24.6 Å². The molecule has 146 valence electrons. The summed E-state index contributed by atoms with van der Waals surface area (Å²) in [5, 5.41) is 0. The highest BCUT2D eigenvalue weighted by Crippen LogP contribution is 2.44. The smallest absolute Gasteiger partial charge is 0.295 e. The summed E-state index contributed by atoms with van der Waals surface area (Å²) in [6.07, 6.45) is 1.32. The number of para-hydroxylation sites is 1. The van der Waals surface area contributed by atoms with E-state index in [2.05, 4.69) is 0 Å². The number of hydrogen-bond acceptors (Lipinski definition) is 5. The first kappa shape index (κ1) is 18.6. The molecule has 6 nitrogen and oxygen atoms in total. The number of Topliss-reactive ketones (excluding diaryl/α,β-unsaturated/α-hetero) is 2. The normalized spacial score (nSPS) is 18.9. The summed E-state index contributed by atoms with van der Waals surface area (Å²) in [4.78, 5) is 40.1. The van der Waals surface area contributed by atoms with Gasteiger partial charge in [0.05, 0.1) is 19.4 Å². The Bertz CT molecular complexity index is 1070. The number of furan rings is 1. The molecule has 0 bridgehead atoms. The molecule has 7 heteroatoms. The number of amides is 1. The molecule has 1 aliphatic rings. The molecule has 2 unspecified atom stereocenters. The SMILES string of the molecule is COc1ccccc1C1C(C(=O)c2ccco2)C(=O)C(=O)N1c1ccc(F)cc1. The van der Waals surface area contributed by atoms with Crippen molar-refractivity contribution >= 4 is 23.2 Å².